The normalized spacial score (nSPS) is 17.8. The van der Waals surface area contributed by atoms with E-state index in [2.05, 4.69) is 15.0 Å². The van der Waals surface area contributed by atoms with E-state index in [9.17, 15) is 8.42 Å². The van der Waals surface area contributed by atoms with E-state index in [1.54, 1.807) is 24.3 Å². The molecule has 1 heterocycles. The zero-order valence-corrected chi connectivity index (χ0v) is 15.8. The highest BCUT2D eigenvalue weighted by Gasteiger charge is 2.20. The Kier molecular flexibility index (Phi) is 6.44. The summed E-state index contributed by atoms with van der Waals surface area (Å²) >= 11 is 0. The summed E-state index contributed by atoms with van der Waals surface area (Å²) in [7, 11) is -3.54. The van der Waals surface area contributed by atoms with Crippen LogP contribution < -0.4 is 15.8 Å². The Labute approximate surface area is 159 Å². The lowest BCUT2D eigenvalue weighted by molar-refractivity contribution is 0.114. The van der Waals surface area contributed by atoms with Crippen LogP contribution in [0.3, 0.4) is 0 Å². The zero-order chi connectivity index (χ0) is 19.1. The Morgan fingerprint density at radius 3 is 2.56 bits per heavy atom. The van der Waals surface area contributed by atoms with Crippen molar-refractivity contribution in [2.24, 2.45) is 10.7 Å². The van der Waals surface area contributed by atoms with E-state index in [4.69, 9.17) is 10.5 Å². The Balaban J connectivity index is 1.55. The van der Waals surface area contributed by atoms with E-state index in [0.29, 0.717) is 25.7 Å². The van der Waals surface area contributed by atoms with E-state index in [0.717, 1.165) is 24.1 Å². The lowest BCUT2D eigenvalue weighted by atomic mass is 10.2. The van der Waals surface area contributed by atoms with Gasteiger partial charge in [0.2, 0.25) is 10.0 Å². The fourth-order valence-electron chi connectivity index (χ4n) is 2.75. The number of nitrogens with two attached hydrogens (primary N) is 1. The second-order valence-corrected chi connectivity index (χ2v) is 8.09. The number of sulfonamides is 1. The molecule has 0 saturated carbocycles. The van der Waals surface area contributed by atoms with E-state index in [1.165, 1.54) is 0 Å². The molecule has 1 atom stereocenters. The van der Waals surface area contributed by atoms with Crippen molar-refractivity contribution in [1.82, 2.24) is 4.72 Å². The van der Waals surface area contributed by atoms with Crippen LogP contribution >= 0.6 is 0 Å². The maximum Gasteiger partial charge on any atom is 0.240 e. The molecule has 0 bridgehead atoms. The number of hydrogen-bond acceptors (Lipinski definition) is 4. The summed E-state index contributed by atoms with van der Waals surface area (Å²) in [5.41, 5.74) is 7.60. The fraction of sp³-hybridized carbons (Fsp3) is 0.316. The minimum atomic E-state index is -3.54. The second kappa shape index (κ2) is 8.98. The number of para-hydroxylation sites is 1. The third-order valence-corrected chi connectivity index (χ3v) is 5.68. The van der Waals surface area contributed by atoms with Crippen LogP contribution in [0.5, 0.6) is 0 Å². The van der Waals surface area contributed by atoms with Crippen molar-refractivity contribution in [3.8, 4) is 0 Å². The van der Waals surface area contributed by atoms with E-state index in [1.807, 2.05) is 30.3 Å². The van der Waals surface area contributed by atoms with Crippen LogP contribution in [-0.4, -0.2) is 33.6 Å². The summed E-state index contributed by atoms with van der Waals surface area (Å²) in [6.45, 7) is 1.36. The summed E-state index contributed by atoms with van der Waals surface area (Å²) in [6, 6.07) is 16.1. The minimum absolute atomic E-state index is 0.0338. The van der Waals surface area contributed by atoms with Gasteiger partial charge in [0, 0.05) is 18.8 Å². The number of aliphatic imine (C=N–C) groups is 1. The van der Waals surface area contributed by atoms with Crippen molar-refractivity contribution in [1.29, 1.82) is 0 Å². The van der Waals surface area contributed by atoms with Crippen LogP contribution in [0.25, 0.3) is 0 Å². The molecule has 0 spiro atoms. The Hall–Kier alpha value is -2.42. The highest BCUT2D eigenvalue weighted by Crippen LogP contribution is 2.14. The first-order chi connectivity index (χ1) is 13.0. The maximum absolute atomic E-state index is 12.3. The van der Waals surface area contributed by atoms with Crippen molar-refractivity contribution in [2.75, 3.05) is 18.5 Å². The summed E-state index contributed by atoms with van der Waals surface area (Å²) in [6.07, 6.45) is 1.83. The molecule has 144 valence electrons. The lowest BCUT2D eigenvalue weighted by Gasteiger charge is -2.11. The van der Waals surface area contributed by atoms with Gasteiger partial charge in [-0.25, -0.2) is 18.1 Å². The van der Waals surface area contributed by atoms with Crippen molar-refractivity contribution in [3.63, 3.8) is 0 Å². The number of benzene rings is 2. The van der Waals surface area contributed by atoms with Gasteiger partial charge in [0.25, 0.3) is 0 Å². The third kappa shape index (κ3) is 5.78. The van der Waals surface area contributed by atoms with Gasteiger partial charge in [-0.1, -0.05) is 30.3 Å². The van der Waals surface area contributed by atoms with Gasteiger partial charge in [0.15, 0.2) is 5.96 Å². The van der Waals surface area contributed by atoms with Crippen LogP contribution in [0.15, 0.2) is 64.5 Å². The van der Waals surface area contributed by atoms with Crippen LogP contribution in [0.1, 0.15) is 18.4 Å². The van der Waals surface area contributed by atoms with E-state index in [-0.39, 0.29) is 11.0 Å². The lowest BCUT2D eigenvalue weighted by Crippen LogP contribution is -2.31. The molecular weight excluding hydrogens is 364 g/mol. The molecule has 1 unspecified atom stereocenters. The molecule has 8 heteroatoms. The Bertz CT molecular complexity index is 862. The molecule has 27 heavy (non-hydrogen) atoms. The fourth-order valence-corrected chi connectivity index (χ4v) is 3.82. The summed E-state index contributed by atoms with van der Waals surface area (Å²) in [5, 5.41) is 3.00. The van der Waals surface area contributed by atoms with Crippen LogP contribution in [0.2, 0.25) is 0 Å². The van der Waals surface area contributed by atoms with Gasteiger partial charge >= 0.3 is 0 Å². The van der Waals surface area contributed by atoms with Crippen molar-refractivity contribution in [2.45, 2.75) is 30.4 Å². The van der Waals surface area contributed by atoms with Crippen molar-refractivity contribution >= 4 is 21.7 Å². The predicted molar refractivity (Wildman–Crippen MR) is 106 cm³/mol. The molecule has 0 aliphatic carbocycles. The van der Waals surface area contributed by atoms with Gasteiger partial charge < -0.3 is 15.8 Å². The second-order valence-electron chi connectivity index (χ2n) is 6.32. The number of ether oxygens (including phenoxy) is 1. The molecular formula is C19H24N4O3S. The SMILES string of the molecule is NC(=NCc1ccc(S(=O)(=O)NCC2CCCO2)cc1)Nc1ccccc1. The third-order valence-electron chi connectivity index (χ3n) is 4.24. The van der Waals surface area contributed by atoms with Gasteiger partial charge in [0.05, 0.1) is 17.5 Å². The zero-order valence-electron chi connectivity index (χ0n) is 15.0. The maximum atomic E-state index is 12.3. The van der Waals surface area contributed by atoms with Gasteiger partial charge in [0.1, 0.15) is 0 Å². The molecule has 1 aliphatic heterocycles. The Morgan fingerprint density at radius 1 is 1.15 bits per heavy atom. The highest BCUT2D eigenvalue weighted by atomic mass is 32.2. The molecule has 0 aromatic heterocycles. The standard InChI is InChI=1S/C19H24N4O3S/c20-19(23-16-5-2-1-3-6-16)21-13-15-8-10-18(11-9-15)27(24,25)22-14-17-7-4-12-26-17/h1-3,5-6,8-11,17,22H,4,7,12-14H2,(H3,20,21,23). The van der Waals surface area contributed by atoms with Gasteiger partial charge in [-0.2, -0.15) is 0 Å². The first-order valence-corrected chi connectivity index (χ1v) is 10.3. The summed E-state index contributed by atoms with van der Waals surface area (Å²) in [4.78, 5) is 4.50. The molecule has 1 aliphatic rings. The van der Waals surface area contributed by atoms with Crippen LogP contribution in [-0.2, 0) is 21.3 Å². The number of rotatable bonds is 7. The minimum Gasteiger partial charge on any atom is -0.377 e. The molecule has 1 fully saturated rings. The monoisotopic (exact) mass is 388 g/mol. The topological polar surface area (TPSA) is 106 Å². The Morgan fingerprint density at radius 2 is 1.89 bits per heavy atom. The molecule has 3 rings (SSSR count). The number of hydrogen-bond donors (Lipinski definition) is 3. The number of anilines is 1. The quantitative estimate of drug-likeness (QED) is 0.497. The van der Waals surface area contributed by atoms with Crippen LogP contribution in [0, 0.1) is 0 Å². The first kappa shape index (κ1) is 19.3. The van der Waals surface area contributed by atoms with Gasteiger partial charge in [-0.15, -0.1) is 0 Å². The molecule has 4 N–H and O–H groups in total. The van der Waals surface area contributed by atoms with E-state index < -0.39 is 10.0 Å². The number of nitrogens with zero attached hydrogens (tertiary/aromatic N) is 1. The highest BCUT2D eigenvalue weighted by molar-refractivity contribution is 7.89. The van der Waals surface area contributed by atoms with Gasteiger partial charge in [-0.05, 0) is 42.7 Å². The number of nitrogens with one attached hydrogen (secondary N) is 2. The average molecular weight is 388 g/mol. The molecule has 7 nitrogen and oxygen atoms in total. The van der Waals surface area contributed by atoms with Crippen molar-refractivity contribution < 1.29 is 13.2 Å². The number of guanidine groups is 1. The smallest absolute Gasteiger partial charge is 0.240 e. The summed E-state index contributed by atoms with van der Waals surface area (Å²) in [5.74, 6) is 0.302. The van der Waals surface area contributed by atoms with E-state index >= 15 is 0 Å². The largest absolute Gasteiger partial charge is 0.377 e. The first-order valence-electron chi connectivity index (χ1n) is 8.85. The van der Waals surface area contributed by atoms with Crippen molar-refractivity contribution in [3.05, 3.63) is 60.2 Å². The molecule has 0 radical (unpaired) electrons. The summed E-state index contributed by atoms with van der Waals surface area (Å²) < 4.78 is 32.7. The molecule has 0 amide bonds. The van der Waals surface area contributed by atoms with Gasteiger partial charge in [-0.3, -0.25) is 0 Å². The molecule has 2 aromatic carbocycles. The molecule has 1 saturated heterocycles. The predicted octanol–water partition coefficient (Wildman–Crippen LogP) is 2.07. The molecule has 2 aromatic rings. The average Bonchev–Trinajstić information content (AvgIpc) is 3.20. The van der Waals surface area contributed by atoms with Crippen LogP contribution in [0.4, 0.5) is 5.69 Å².